The van der Waals surface area contributed by atoms with Crippen LogP contribution in [-0.2, 0) is 0 Å². The van der Waals surface area contributed by atoms with Crippen LogP contribution in [0, 0.1) is 17.5 Å². The molecule has 17 heavy (non-hydrogen) atoms. The van der Waals surface area contributed by atoms with Crippen molar-refractivity contribution in [2.45, 2.75) is 45.6 Å². The molecular weight excluding hydrogens is 227 g/mol. The van der Waals surface area contributed by atoms with Gasteiger partial charge in [-0.25, -0.2) is 13.2 Å². The van der Waals surface area contributed by atoms with Gasteiger partial charge in [0.2, 0.25) is 0 Å². The minimum absolute atomic E-state index is 0.0212. The zero-order chi connectivity index (χ0) is 12.8. The highest BCUT2D eigenvalue weighted by molar-refractivity contribution is 5.46. The van der Waals surface area contributed by atoms with Crippen LogP contribution < -0.4 is 5.32 Å². The zero-order valence-corrected chi connectivity index (χ0v) is 10.2. The Labute approximate surface area is 100 Å². The standard InChI is InChI=1S/C13H18F3N/c1-3-4-5-6-9(2)17-11-8-7-10(14)12(15)13(11)16/h7-9,17H,3-6H2,1-2H3. The van der Waals surface area contributed by atoms with Crippen molar-refractivity contribution in [2.24, 2.45) is 0 Å². The molecule has 1 aromatic rings. The lowest BCUT2D eigenvalue weighted by atomic mass is 10.1. The van der Waals surface area contributed by atoms with E-state index in [1.807, 2.05) is 6.92 Å². The first-order valence-corrected chi connectivity index (χ1v) is 5.96. The Morgan fingerprint density at radius 1 is 1.12 bits per heavy atom. The molecule has 1 atom stereocenters. The number of rotatable bonds is 6. The van der Waals surface area contributed by atoms with Crippen LogP contribution in [0.1, 0.15) is 39.5 Å². The van der Waals surface area contributed by atoms with Gasteiger partial charge in [0, 0.05) is 6.04 Å². The van der Waals surface area contributed by atoms with E-state index in [0.717, 1.165) is 31.7 Å². The minimum atomic E-state index is -1.42. The van der Waals surface area contributed by atoms with Gasteiger partial charge in [-0.3, -0.25) is 0 Å². The molecule has 0 saturated carbocycles. The van der Waals surface area contributed by atoms with Crippen LogP contribution >= 0.6 is 0 Å². The fraction of sp³-hybridized carbons (Fsp3) is 0.538. The highest BCUT2D eigenvalue weighted by Crippen LogP contribution is 2.21. The van der Waals surface area contributed by atoms with Gasteiger partial charge in [0.1, 0.15) is 0 Å². The van der Waals surface area contributed by atoms with Gasteiger partial charge in [-0.15, -0.1) is 0 Å². The molecule has 0 aliphatic rings. The second kappa shape index (κ2) is 6.52. The van der Waals surface area contributed by atoms with Crippen molar-refractivity contribution in [1.29, 1.82) is 0 Å². The van der Waals surface area contributed by atoms with E-state index in [4.69, 9.17) is 0 Å². The van der Waals surface area contributed by atoms with Crippen LogP contribution in [0.4, 0.5) is 18.9 Å². The number of benzene rings is 1. The average molecular weight is 245 g/mol. The van der Waals surface area contributed by atoms with Gasteiger partial charge in [0.15, 0.2) is 17.5 Å². The first kappa shape index (κ1) is 13.9. The Hall–Kier alpha value is -1.19. The predicted octanol–water partition coefficient (Wildman–Crippen LogP) is 4.48. The maximum Gasteiger partial charge on any atom is 0.196 e. The van der Waals surface area contributed by atoms with Crippen molar-refractivity contribution in [1.82, 2.24) is 0 Å². The third-order valence-electron chi connectivity index (χ3n) is 2.68. The van der Waals surface area contributed by atoms with Gasteiger partial charge in [-0.05, 0) is 25.5 Å². The van der Waals surface area contributed by atoms with Crippen LogP contribution in [0.25, 0.3) is 0 Å². The van der Waals surface area contributed by atoms with Crippen molar-refractivity contribution in [3.05, 3.63) is 29.6 Å². The number of hydrogen-bond donors (Lipinski definition) is 1. The SMILES string of the molecule is CCCCCC(C)Nc1ccc(F)c(F)c1F. The highest BCUT2D eigenvalue weighted by Gasteiger charge is 2.14. The molecule has 1 aromatic carbocycles. The van der Waals surface area contributed by atoms with Crippen molar-refractivity contribution >= 4 is 5.69 Å². The summed E-state index contributed by atoms with van der Waals surface area (Å²) in [5, 5.41) is 2.86. The minimum Gasteiger partial charge on any atom is -0.380 e. The molecule has 0 fully saturated rings. The first-order valence-electron chi connectivity index (χ1n) is 5.96. The Morgan fingerprint density at radius 3 is 2.47 bits per heavy atom. The van der Waals surface area contributed by atoms with E-state index in [-0.39, 0.29) is 11.7 Å². The quantitative estimate of drug-likeness (QED) is 0.575. The summed E-state index contributed by atoms with van der Waals surface area (Å²) < 4.78 is 39.0. The van der Waals surface area contributed by atoms with E-state index >= 15 is 0 Å². The lowest BCUT2D eigenvalue weighted by Crippen LogP contribution is -2.16. The molecule has 1 unspecified atom stereocenters. The van der Waals surface area contributed by atoms with Crippen molar-refractivity contribution < 1.29 is 13.2 Å². The second-order valence-electron chi connectivity index (χ2n) is 4.26. The summed E-state index contributed by atoms with van der Waals surface area (Å²) in [5.41, 5.74) is 0.0212. The molecule has 1 nitrogen and oxygen atoms in total. The van der Waals surface area contributed by atoms with E-state index in [9.17, 15) is 13.2 Å². The van der Waals surface area contributed by atoms with E-state index in [1.54, 1.807) is 0 Å². The van der Waals surface area contributed by atoms with Crippen LogP contribution in [0.5, 0.6) is 0 Å². The van der Waals surface area contributed by atoms with Crippen molar-refractivity contribution in [2.75, 3.05) is 5.32 Å². The molecular formula is C13H18F3N. The smallest absolute Gasteiger partial charge is 0.196 e. The van der Waals surface area contributed by atoms with Crippen molar-refractivity contribution in [3.8, 4) is 0 Å². The average Bonchev–Trinajstić information content (AvgIpc) is 2.30. The van der Waals surface area contributed by atoms with Crippen LogP contribution in [0.3, 0.4) is 0 Å². The molecule has 0 amide bonds. The molecule has 0 spiro atoms. The summed E-state index contributed by atoms with van der Waals surface area (Å²) in [6.07, 6.45) is 4.15. The predicted molar refractivity (Wildman–Crippen MR) is 63.5 cm³/mol. The molecule has 1 rings (SSSR count). The Morgan fingerprint density at radius 2 is 1.82 bits per heavy atom. The molecule has 96 valence electrons. The molecule has 1 N–H and O–H groups in total. The number of unbranched alkanes of at least 4 members (excludes halogenated alkanes) is 2. The Kier molecular flexibility index (Phi) is 5.32. The number of hydrogen-bond acceptors (Lipinski definition) is 1. The maximum absolute atomic E-state index is 13.3. The second-order valence-corrected chi connectivity index (χ2v) is 4.26. The summed E-state index contributed by atoms with van der Waals surface area (Å²) >= 11 is 0. The molecule has 0 aliphatic carbocycles. The monoisotopic (exact) mass is 245 g/mol. The Balaban J connectivity index is 2.59. The van der Waals surface area contributed by atoms with Gasteiger partial charge >= 0.3 is 0 Å². The van der Waals surface area contributed by atoms with Crippen LogP contribution in [0.15, 0.2) is 12.1 Å². The first-order chi connectivity index (χ1) is 8.06. The topological polar surface area (TPSA) is 12.0 Å². The lowest BCUT2D eigenvalue weighted by Gasteiger charge is -2.15. The lowest BCUT2D eigenvalue weighted by molar-refractivity contribution is 0.448. The third kappa shape index (κ3) is 3.95. The molecule has 0 aromatic heterocycles. The molecule has 0 radical (unpaired) electrons. The van der Waals surface area contributed by atoms with Gasteiger partial charge < -0.3 is 5.32 Å². The van der Waals surface area contributed by atoms with Crippen LogP contribution in [-0.4, -0.2) is 6.04 Å². The third-order valence-corrected chi connectivity index (χ3v) is 2.68. The highest BCUT2D eigenvalue weighted by atomic mass is 19.2. The van der Waals surface area contributed by atoms with E-state index < -0.39 is 17.5 Å². The normalized spacial score (nSPS) is 12.5. The summed E-state index contributed by atoms with van der Waals surface area (Å²) in [6.45, 7) is 4.00. The summed E-state index contributed by atoms with van der Waals surface area (Å²) in [6, 6.07) is 2.20. The summed E-state index contributed by atoms with van der Waals surface area (Å²) in [4.78, 5) is 0. The fourth-order valence-electron chi connectivity index (χ4n) is 1.68. The summed E-state index contributed by atoms with van der Waals surface area (Å²) in [7, 11) is 0. The molecule has 0 saturated heterocycles. The maximum atomic E-state index is 13.3. The van der Waals surface area contributed by atoms with Gasteiger partial charge in [0.05, 0.1) is 5.69 Å². The van der Waals surface area contributed by atoms with Crippen molar-refractivity contribution in [3.63, 3.8) is 0 Å². The number of halogens is 3. The van der Waals surface area contributed by atoms with E-state index in [1.165, 1.54) is 6.07 Å². The fourth-order valence-corrected chi connectivity index (χ4v) is 1.68. The van der Waals surface area contributed by atoms with E-state index in [0.29, 0.717) is 0 Å². The van der Waals surface area contributed by atoms with Gasteiger partial charge in [0.25, 0.3) is 0 Å². The van der Waals surface area contributed by atoms with Gasteiger partial charge in [-0.2, -0.15) is 0 Å². The van der Waals surface area contributed by atoms with E-state index in [2.05, 4.69) is 12.2 Å². The zero-order valence-electron chi connectivity index (χ0n) is 10.2. The molecule has 4 heteroatoms. The number of anilines is 1. The van der Waals surface area contributed by atoms with Crippen LogP contribution in [0.2, 0.25) is 0 Å². The molecule has 0 aliphatic heterocycles. The largest absolute Gasteiger partial charge is 0.380 e. The molecule has 0 heterocycles. The molecule has 0 bridgehead atoms. The van der Waals surface area contributed by atoms with Gasteiger partial charge in [-0.1, -0.05) is 26.2 Å². The Bertz CT molecular complexity index is 366. The summed E-state index contributed by atoms with van der Waals surface area (Å²) in [5.74, 6) is -3.73. The number of nitrogens with one attached hydrogen (secondary N) is 1.